The topological polar surface area (TPSA) is 77.2 Å². The first-order valence-corrected chi connectivity index (χ1v) is 12.2. The van der Waals surface area contributed by atoms with Gasteiger partial charge in [-0.05, 0) is 68.4 Å². The molecule has 0 aliphatic carbocycles. The van der Waals surface area contributed by atoms with Crippen molar-refractivity contribution in [3.8, 4) is 5.75 Å². The second kappa shape index (κ2) is 10.9. The normalized spacial score (nSPS) is 11.4. The highest BCUT2D eigenvalue weighted by Crippen LogP contribution is 2.26. The van der Waals surface area contributed by atoms with E-state index in [4.69, 9.17) is 16.3 Å². The van der Waals surface area contributed by atoms with E-state index >= 15 is 0 Å². The molecule has 2 aromatic heterocycles. The van der Waals surface area contributed by atoms with Crippen LogP contribution in [0.25, 0.3) is 11.0 Å². The van der Waals surface area contributed by atoms with Gasteiger partial charge in [-0.1, -0.05) is 37.6 Å². The molecule has 0 atom stereocenters. The quantitative estimate of drug-likeness (QED) is 0.330. The van der Waals surface area contributed by atoms with E-state index in [-0.39, 0.29) is 12.6 Å². The lowest BCUT2D eigenvalue weighted by Gasteiger charge is -2.19. The predicted molar refractivity (Wildman–Crippen MR) is 139 cm³/mol. The van der Waals surface area contributed by atoms with Crippen molar-refractivity contribution in [2.75, 3.05) is 25.0 Å². The zero-order valence-electron chi connectivity index (χ0n) is 20.6. The summed E-state index contributed by atoms with van der Waals surface area (Å²) in [4.78, 5) is 20.0. The molecule has 2 aromatic carbocycles. The molecule has 0 saturated carbocycles. The average molecular weight is 495 g/mol. The number of fused-ring (bicyclic) bond motifs is 1. The van der Waals surface area contributed by atoms with E-state index in [0.717, 1.165) is 53.4 Å². The number of aryl methyl sites for hydroxylation is 2. The molecule has 1 N–H and O–H groups in total. The van der Waals surface area contributed by atoms with Crippen molar-refractivity contribution in [3.63, 3.8) is 0 Å². The maximum Gasteiger partial charge on any atom is 0.278 e. The van der Waals surface area contributed by atoms with Gasteiger partial charge in [0.25, 0.3) is 5.91 Å². The van der Waals surface area contributed by atoms with E-state index in [2.05, 4.69) is 38.7 Å². The van der Waals surface area contributed by atoms with Crippen LogP contribution in [0.15, 0.2) is 48.7 Å². The Kier molecular flexibility index (Phi) is 7.73. The molecule has 0 bridgehead atoms. The first-order valence-electron chi connectivity index (χ1n) is 11.8. The third kappa shape index (κ3) is 5.66. The van der Waals surface area contributed by atoms with Gasteiger partial charge in [-0.15, -0.1) is 0 Å². The van der Waals surface area contributed by atoms with Crippen LogP contribution in [0.4, 0.5) is 5.95 Å². The largest absolute Gasteiger partial charge is 0.471 e. The van der Waals surface area contributed by atoms with Crippen LogP contribution < -0.4 is 10.1 Å². The number of hydrogen-bond donors (Lipinski definition) is 1. The fraction of sp³-hybridized carbons (Fsp3) is 0.346. The molecule has 1 amide bonds. The fourth-order valence-electron chi connectivity index (χ4n) is 4.03. The van der Waals surface area contributed by atoms with Gasteiger partial charge in [-0.3, -0.25) is 10.1 Å². The summed E-state index contributed by atoms with van der Waals surface area (Å²) < 4.78 is 9.48. The van der Waals surface area contributed by atoms with Crippen molar-refractivity contribution in [1.29, 1.82) is 0 Å². The molecular formula is C26H31ClN6O2. The maximum absolute atomic E-state index is 13.0. The van der Waals surface area contributed by atoms with Gasteiger partial charge in [0, 0.05) is 24.3 Å². The highest BCUT2D eigenvalue weighted by Gasteiger charge is 2.17. The Balaban J connectivity index is 1.46. The fourth-order valence-corrected chi connectivity index (χ4v) is 4.14. The summed E-state index contributed by atoms with van der Waals surface area (Å²) in [6.07, 6.45) is 1.72. The van der Waals surface area contributed by atoms with Crippen molar-refractivity contribution in [2.45, 2.75) is 41.0 Å². The molecule has 0 fully saturated rings. The third-order valence-electron chi connectivity index (χ3n) is 6.06. The van der Waals surface area contributed by atoms with Gasteiger partial charge in [0.2, 0.25) is 5.95 Å². The van der Waals surface area contributed by atoms with Gasteiger partial charge in [-0.25, -0.2) is 9.67 Å². The van der Waals surface area contributed by atoms with Crippen LogP contribution >= 0.6 is 11.6 Å². The van der Waals surface area contributed by atoms with Gasteiger partial charge in [0.1, 0.15) is 5.75 Å². The standard InChI is InChI=1S/C26H31ClN6O2/c1-5-31(6-2)13-14-33-23-10-8-7-9-21(23)28-26(33)29-25(34)22-11-12-32(30-22)17-35-20-15-18(3)24(27)19(4)16-20/h7-12,15-16H,5-6,13-14,17H2,1-4H3,(H,28,29,34). The number of hydrogen-bond acceptors (Lipinski definition) is 5. The number of aromatic nitrogens is 4. The third-order valence-corrected chi connectivity index (χ3v) is 6.66. The summed E-state index contributed by atoms with van der Waals surface area (Å²) in [6, 6.07) is 13.3. The zero-order chi connectivity index (χ0) is 24.9. The van der Waals surface area contributed by atoms with Gasteiger partial charge in [0.15, 0.2) is 12.4 Å². The van der Waals surface area contributed by atoms with Crippen LogP contribution in [0.5, 0.6) is 5.75 Å². The summed E-state index contributed by atoms with van der Waals surface area (Å²) in [5, 5.41) is 8.06. The first kappa shape index (κ1) is 24.8. The molecule has 2 heterocycles. The molecule has 0 aliphatic rings. The molecule has 0 aliphatic heterocycles. The maximum atomic E-state index is 13.0. The second-order valence-electron chi connectivity index (χ2n) is 8.44. The summed E-state index contributed by atoms with van der Waals surface area (Å²) in [5.74, 6) is 0.899. The van der Waals surface area contributed by atoms with Crippen molar-refractivity contribution < 1.29 is 9.53 Å². The van der Waals surface area contributed by atoms with Gasteiger partial charge in [-0.2, -0.15) is 5.10 Å². The Bertz CT molecular complexity index is 1300. The van der Waals surface area contributed by atoms with E-state index in [9.17, 15) is 4.79 Å². The SMILES string of the molecule is CCN(CC)CCn1c(NC(=O)c2ccn(COc3cc(C)c(Cl)c(C)c3)n2)nc2ccccc21. The number of nitrogens with zero attached hydrogens (tertiary/aromatic N) is 5. The van der Waals surface area contributed by atoms with E-state index in [1.807, 2.05) is 50.2 Å². The second-order valence-corrected chi connectivity index (χ2v) is 8.82. The smallest absolute Gasteiger partial charge is 0.278 e. The Hall–Kier alpha value is -3.36. The van der Waals surface area contributed by atoms with Crippen LogP contribution in [0.2, 0.25) is 5.02 Å². The molecule has 8 nitrogen and oxygen atoms in total. The van der Waals surface area contributed by atoms with Crippen molar-refractivity contribution in [3.05, 3.63) is 70.5 Å². The molecule has 0 unspecified atom stereocenters. The summed E-state index contributed by atoms with van der Waals surface area (Å²) >= 11 is 6.23. The molecule has 0 spiro atoms. The Morgan fingerprint density at radius 1 is 1.11 bits per heavy atom. The van der Waals surface area contributed by atoms with E-state index < -0.39 is 0 Å². The van der Waals surface area contributed by atoms with Gasteiger partial charge >= 0.3 is 0 Å². The van der Waals surface area contributed by atoms with Gasteiger partial charge < -0.3 is 14.2 Å². The Morgan fingerprint density at radius 2 is 1.83 bits per heavy atom. The number of nitrogens with one attached hydrogen (secondary N) is 1. The predicted octanol–water partition coefficient (Wildman–Crippen LogP) is 5.13. The molecule has 4 aromatic rings. The van der Waals surface area contributed by atoms with E-state index in [1.165, 1.54) is 0 Å². The minimum atomic E-state index is -0.318. The molecule has 9 heteroatoms. The Labute approximate surface area is 210 Å². The molecule has 4 rings (SSSR count). The van der Waals surface area contributed by atoms with E-state index in [1.54, 1.807) is 16.9 Å². The molecule has 0 radical (unpaired) electrons. The monoisotopic (exact) mass is 494 g/mol. The number of carbonyl (C=O) groups excluding carboxylic acids is 1. The van der Waals surface area contributed by atoms with Crippen molar-refractivity contribution in [2.24, 2.45) is 0 Å². The highest BCUT2D eigenvalue weighted by atomic mass is 35.5. The highest BCUT2D eigenvalue weighted by molar-refractivity contribution is 6.32. The number of amides is 1. The number of carbonyl (C=O) groups is 1. The molecular weight excluding hydrogens is 464 g/mol. The number of benzene rings is 2. The first-order chi connectivity index (χ1) is 16.9. The van der Waals surface area contributed by atoms with Crippen molar-refractivity contribution in [1.82, 2.24) is 24.2 Å². The summed E-state index contributed by atoms with van der Waals surface area (Å²) in [7, 11) is 0. The zero-order valence-corrected chi connectivity index (χ0v) is 21.3. The average Bonchev–Trinajstić information content (AvgIpc) is 3.46. The number of para-hydroxylation sites is 2. The number of imidazole rings is 1. The van der Waals surface area contributed by atoms with E-state index in [0.29, 0.717) is 17.4 Å². The number of anilines is 1. The molecule has 0 saturated heterocycles. The summed E-state index contributed by atoms with van der Waals surface area (Å²) in [5.41, 5.74) is 4.02. The number of likely N-dealkylation sites (N-methyl/N-ethyl adjacent to an activating group) is 1. The van der Waals surface area contributed by atoms with Crippen LogP contribution in [0, 0.1) is 13.8 Å². The minimum Gasteiger partial charge on any atom is -0.471 e. The lowest BCUT2D eigenvalue weighted by Crippen LogP contribution is -2.27. The molecule has 35 heavy (non-hydrogen) atoms. The van der Waals surface area contributed by atoms with Gasteiger partial charge in [0.05, 0.1) is 11.0 Å². The number of halogens is 1. The lowest BCUT2D eigenvalue weighted by molar-refractivity contribution is 0.101. The molecule has 184 valence electrons. The van der Waals surface area contributed by atoms with Crippen LogP contribution in [-0.2, 0) is 13.3 Å². The lowest BCUT2D eigenvalue weighted by atomic mass is 10.1. The van der Waals surface area contributed by atoms with Crippen LogP contribution in [-0.4, -0.2) is 49.8 Å². The minimum absolute atomic E-state index is 0.177. The number of ether oxygens (including phenoxy) is 1. The van der Waals surface area contributed by atoms with Crippen LogP contribution in [0.1, 0.15) is 35.5 Å². The van der Waals surface area contributed by atoms with Crippen molar-refractivity contribution >= 4 is 34.5 Å². The van der Waals surface area contributed by atoms with Crippen LogP contribution in [0.3, 0.4) is 0 Å². The number of rotatable bonds is 10. The summed E-state index contributed by atoms with van der Waals surface area (Å²) in [6.45, 7) is 11.9. The Morgan fingerprint density at radius 3 is 2.54 bits per heavy atom.